The minimum atomic E-state index is -0.292. The molecule has 2 aromatic rings. The number of para-hydroxylation sites is 1. The first-order valence-electron chi connectivity index (χ1n) is 7.74. The first-order chi connectivity index (χ1) is 11.2. The number of carbonyl (C=O) groups is 1. The lowest BCUT2D eigenvalue weighted by Crippen LogP contribution is -2.33. The number of ketones is 1. The minimum absolute atomic E-state index is 0.170. The van der Waals surface area contributed by atoms with Gasteiger partial charge in [0.25, 0.3) is 0 Å². The molecule has 4 rings (SSSR count). The molecule has 0 radical (unpaired) electrons. The lowest BCUT2D eigenvalue weighted by atomic mass is 9.81. The van der Waals surface area contributed by atoms with Crippen LogP contribution < -0.4 is 10.1 Å². The number of hydrogen-bond donors (Lipinski definition) is 1. The number of allylic oxidation sites excluding steroid dienone is 2. The van der Waals surface area contributed by atoms with Crippen molar-refractivity contribution in [3.63, 3.8) is 0 Å². The fourth-order valence-electron chi connectivity index (χ4n) is 3.53. The number of Topliss-reactive ketones (excluding diaryl/α,β-unsaturated/α-hetero) is 1. The molecule has 0 amide bonds. The van der Waals surface area contributed by atoms with E-state index in [0.717, 1.165) is 29.0 Å². The highest BCUT2D eigenvalue weighted by Crippen LogP contribution is 2.43. The molecule has 2 aliphatic rings. The van der Waals surface area contributed by atoms with Crippen LogP contribution in [0.4, 0.5) is 5.95 Å². The number of benzene rings is 1. The highest BCUT2D eigenvalue weighted by Gasteiger charge is 2.38. The lowest BCUT2D eigenvalue weighted by molar-refractivity contribution is -0.117. The molecule has 0 saturated heterocycles. The van der Waals surface area contributed by atoms with Gasteiger partial charge in [-0.05, 0) is 18.4 Å². The van der Waals surface area contributed by atoms with Gasteiger partial charge in [0.05, 0.1) is 7.11 Å². The number of carbonyl (C=O) groups excluding carboxylic acids is 1. The van der Waals surface area contributed by atoms with E-state index in [0.29, 0.717) is 18.3 Å². The van der Waals surface area contributed by atoms with E-state index in [9.17, 15) is 4.79 Å². The molecule has 1 aromatic heterocycles. The molecule has 0 saturated carbocycles. The molecule has 0 fully saturated rings. The number of rotatable bonds is 2. The van der Waals surface area contributed by atoms with Gasteiger partial charge in [-0.1, -0.05) is 25.1 Å². The van der Waals surface area contributed by atoms with Crippen LogP contribution in [-0.2, 0) is 4.79 Å². The van der Waals surface area contributed by atoms with Crippen LogP contribution in [0.2, 0.25) is 0 Å². The fraction of sp³-hybridized carbons (Fsp3) is 0.353. The number of nitrogens with zero attached hydrogens (tertiary/aromatic N) is 3. The number of ether oxygens (including phenoxy) is 1. The Labute approximate surface area is 134 Å². The van der Waals surface area contributed by atoms with Crippen molar-refractivity contribution < 1.29 is 9.53 Å². The molecule has 1 aliphatic heterocycles. The van der Waals surface area contributed by atoms with Crippen LogP contribution in [0.1, 0.15) is 31.4 Å². The van der Waals surface area contributed by atoms with Crippen LogP contribution in [0.25, 0.3) is 0 Å². The Bertz CT molecular complexity index is 808. The predicted molar refractivity (Wildman–Crippen MR) is 85.2 cm³/mol. The van der Waals surface area contributed by atoms with Gasteiger partial charge in [0, 0.05) is 23.3 Å². The largest absolute Gasteiger partial charge is 0.496 e. The Hall–Kier alpha value is -2.63. The van der Waals surface area contributed by atoms with Crippen molar-refractivity contribution in [3.8, 4) is 5.75 Å². The van der Waals surface area contributed by atoms with Crippen molar-refractivity contribution in [1.29, 1.82) is 0 Å². The van der Waals surface area contributed by atoms with E-state index in [1.165, 1.54) is 6.33 Å². The van der Waals surface area contributed by atoms with Crippen LogP contribution in [0.3, 0.4) is 0 Å². The lowest BCUT2D eigenvalue weighted by Gasteiger charge is -2.34. The summed E-state index contributed by atoms with van der Waals surface area (Å²) in [6.07, 6.45) is 2.92. The van der Waals surface area contributed by atoms with Crippen molar-refractivity contribution in [3.05, 3.63) is 47.4 Å². The second-order valence-corrected chi connectivity index (χ2v) is 6.13. The Morgan fingerprint density at radius 3 is 2.96 bits per heavy atom. The second kappa shape index (κ2) is 5.22. The third kappa shape index (κ3) is 2.13. The van der Waals surface area contributed by atoms with Gasteiger partial charge < -0.3 is 10.1 Å². The second-order valence-electron chi connectivity index (χ2n) is 6.13. The molecule has 118 valence electrons. The maximum atomic E-state index is 12.8. The number of fused-ring (bicyclic) bond motifs is 1. The van der Waals surface area contributed by atoms with Crippen molar-refractivity contribution in [2.45, 2.75) is 25.8 Å². The van der Waals surface area contributed by atoms with Gasteiger partial charge in [0.1, 0.15) is 18.1 Å². The summed E-state index contributed by atoms with van der Waals surface area (Å²) < 4.78 is 7.28. The van der Waals surface area contributed by atoms with E-state index in [1.807, 2.05) is 24.3 Å². The van der Waals surface area contributed by atoms with E-state index in [-0.39, 0.29) is 11.8 Å². The maximum Gasteiger partial charge on any atom is 0.226 e. The summed E-state index contributed by atoms with van der Waals surface area (Å²) in [6, 6.07) is 7.47. The van der Waals surface area contributed by atoms with Gasteiger partial charge in [0.2, 0.25) is 5.95 Å². The third-order valence-electron chi connectivity index (χ3n) is 4.50. The van der Waals surface area contributed by atoms with E-state index in [4.69, 9.17) is 4.74 Å². The summed E-state index contributed by atoms with van der Waals surface area (Å²) in [5, 5.41) is 7.62. The fourth-order valence-corrected chi connectivity index (χ4v) is 3.53. The molecule has 2 unspecified atom stereocenters. The normalized spacial score (nSPS) is 23.1. The van der Waals surface area contributed by atoms with Crippen molar-refractivity contribution in [2.75, 3.05) is 12.4 Å². The molecule has 0 bridgehead atoms. The van der Waals surface area contributed by atoms with Crippen LogP contribution in [0, 0.1) is 5.92 Å². The van der Waals surface area contributed by atoms with E-state index in [2.05, 4.69) is 22.3 Å². The highest BCUT2D eigenvalue weighted by atomic mass is 16.5. The van der Waals surface area contributed by atoms with Gasteiger partial charge in [-0.3, -0.25) is 4.79 Å². The predicted octanol–water partition coefficient (Wildman–Crippen LogP) is 2.55. The zero-order valence-electron chi connectivity index (χ0n) is 13.1. The average Bonchev–Trinajstić information content (AvgIpc) is 3.00. The summed E-state index contributed by atoms with van der Waals surface area (Å²) in [4.78, 5) is 17.0. The summed E-state index contributed by atoms with van der Waals surface area (Å²) >= 11 is 0. The van der Waals surface area contributed by atoms with Gasteiger partial charge >= 0.3 is 0 Å². The zero-order chi connectivity index (χ0) is 16.0. The first-order valence-corrected chi connectivity index (χ1v) is 7.74. The summed E-state index contributed by atoms with van der Waals surface area (Å²) in [5.41, 5.74) is 2.68. The first kappa shape index (κ1) is 14.0. The molecule has 6 nitrogen and oxygen atoms in total. The summed E-state index contributed by atoms with van der Waals surface area (Å²) in [5.74, 6) is 1.92. The SMILES string of the molecule is COc1ccccc1C1C2=C(CC(C)CC2=O)Nc2ncnn21. The number of anilines is 1. The topological polar surface area (TPSA) is 69.0 Å². The molecular formula is C17H18N4O2. The smallest absolute Gasteiger partial charge is 0.226 e. The van der Waals surface area contributed by atoms with Crippen molar-refractivity contribution in [1.82, 2.24) is 14.8 Å². The number of methoxy groups -OCH3 is 1. The summed E-state index contributed by atoms with van der Waals surface area (Å²) in [6.45, 7) is 2.10. The Kier molecular flexibility index (Phi) is 3.18. The van der Waals surface area contributed by atoms with Crippen LogP contribution in [0.15, 0.2) is 41.9 Å². The summed E-state index contributed by atoms with van der Waals surface area (Å²) in [7, 11) is 1.64. The van der Waals surface area contributed by atoms with E-state index < -0.39 is 0 Å². The standard InChI is InChI=1S/C17H18N4O2/c1-10-7-12-15(13(22)8-10)16(21-17(20-12)18-9-19-21)11-5-3-4-6-14(11)23-2/h3-6,9-10,16H,7-8H2,1-2H3,(H,18,19,20). The molecule has 2 heterocycles. The molecule has 23 heavy (non-hydrogen) atoms. The molecular weight excluding hydrogens is 292 g/mol. The van der Waals surface area contributed by atoms with E-state index >= 15 is 0 Å². The maximum absolute atomic E-state index is 12.8. The zero-order valence-corrected chi connectivity index (χ0v) is 13.1. The van der Waals surface area contributed by atoms with Crippen LogP contribution >= 0.6 is 0 Å². The monoisotopic (exact) mass is 310 g/mol. The molecule has 1 aliphatic carbocycles. The molecule has 1 aromatic carbocycles. The number of aromatic nitrogens is 3. The molecule has 6 heteroatoms. The number of hydrogen-bond acceptors (Lipinski definition) is 5. The van der Waals surface area contributed by atoms with Crippen LogP contribution in [0.5, 0.6) is 5.75 Å². The Morgan fingerprint density at radius 1 is 1.30 bits per heavy atom. The van der Waals surface area contributed by atoms with Crippen molar-refractivity contribution in [2.24, 2.45) is 5.92 Å². The average molecular weight is 310 g/mol. The highest BCUT2D eigenvalue weighted by molar-refractivity contribution is 5.99. The van der Waals surface area contributed by atoms with E-state index in [1.54, 1.807) is 11.8 Å². The van der Waals surface area contributed by atoms with Gasteiger partial charge in [-0.2, -0.15) is 10.1 Å². The van der Waals surface area contributed by atoms with Crippen LogP contribution in [-0.4, -0.2) is 27.7 Å². The van der Waals surface area contributed by atoms with Gasteiger partial charge in [-0.15, -0.1) is 0 Å². The number of nitrogens with one attached hydrogen (secondary N) is 1. The Morgan fingerprint density at radius 2 is 2.13 bits per heavy atom. The van der Waals surface area contributed by atoms with Crippen molar-refractivity contribution >= 4 is 11.7 Å². The molecule has 0 spiro atoms. The quantitative estimate of drug-likeness (QED) is 0.923. The molecule has 2 atom stereocenters. The molecule has 1 N–H and O–H groups in total. The minimum Gasteiger partial charge on any atom is -0.496 e. The third-order valence-corrected chi connectivity index (χ3v) is 4.50. The van der Waals surface area contributed by atoms with Gasteiger partial charge in [0.15, 0.2) is 5.78 Å². The van der Waals surface area contributed by atoms with Gasteiger partial charge in [-0.25, -0.2) is 4.68 Å². The Balaban J connectivity index is 1.94.